The summed E-state index contributed by atoms with van der Waals surface area (Å²) in [4.78, 5) is 3.76. The van der Waals surface area contributed by atoms with Gasteiger partial charge in [0.2, 0.25) is 0 Å². The fraction of sp³-hybridized carbons (Fsp3) is 0.125. The van der Waals surface area contributed by atoms with E-state index in [0.717, 1.165) is 0 Å². The van der Waals surface area contributed by atoms with Crippen molar-refractivity contribution in [3.05, 3.63) is 37.1 Å². The van der Waals surface area contributed by atoms with E-state index in [-0.39, 0.29) is 0 Å². The van der Waals surface area contributed by atoms with Crippen molar-refractivity contribution in [1.29, 1.82) is 0 Å². The van der Waals surface area contributed by atoms with Gasteiger partial charge in [-0.15, -0.1) is 0 Å². The Balaban J connectivity index is 3.46. The molecule has 0 fully saturated rings. The van der Waals surface area contributed by atoms with E-state index < -0.39 is 0 Å². The summed E-state index contributed by atoms with van der Waals surface area (Å²) in [5, 5.41) is 0. The van der Waals surface area contributed by atoms with Gasteiger partial charge in [0.05, 0.1) is 0 Å². The van der Waals surface area contributed by atoms with Crippen LogP contribution in [0.5, 0.6) is 0 Å². The monoisotopic (exact) mass is 121 g/mol. The minimum absolute atomic E-state index is 1.50. The average Bonchev–Trinajstić information content (AvgIpc) is 1.89. The number of aliphatic imine (C=N–C) groups is 1. The van der Waals surface area contributed by atoms with E-state index in [2.05, 4.69) is 11.6 Å². The third kappa shape index (κ3) is 6.89. The topological polar surface area (TPSA) is 12.4 Å². The molecular formula is C8H11N. The first kappa shape index (κ1) is 7.89. The fourth-order valence-corrected chi connectivity index (χ4v) is 0.336. The van der Waals surface area contributed by atoms with Crippen LogP contribution in [0.1, 0.15) is 6.92 Å². The van der Waals surface area contributed by atoms with E-state index in [1.165, 1.54) is 6.20 Å². The van der Waals surface area contributed by atoms with Gasteiger partial charge >= 0.3 is 0 Å². The van der Waals surface area contributed by atoms with Gasteiger partial charge in [0, 0.05) is 12.4 Å². The fourth-order valence-electron chi connectivity index (χ4n) is 0.336. The molecule has 0 aliphatic carbocycles. The Bertz CT molecular complexity index is 141. The van der Waals surface area contributed by atoms with Crippen molar-refractivity contribution < 1.29 is 0 Å². The maximum atomic E-state index is 3.76. The van der Waals surface area contributed by atoms with Crippen LogP contribution in [-0.2, 0) is 0 Å². The van der Waals surface area contributed by atoms with E-state index in [0.29, 0.717) is 0 Å². The molecule has 0 aromatic carbocycles. The lowest BCUT2D eigenvalue weighted by Gasteiger charge is -1.69. The molecule has 0 atom stereocenters. The number of allylic oxidation sites excluding steroid dienone is 4. The standard InChI is InChI=1S/C8H11N/c1-3-5-6-7-8-9-4-2/h3-8H,2H2,1H3/b5-3-,7-6-,9-8?. The molecule has 0 heterocycles. The second-order valence-electron chi connectivity index (χ2n) is 1.39. The van der Waals surface area contributed by atoms with Crippen molar-refractivity contribution in [2.75, 3.05) is 0 Å². The Kier molecular flexibility index (Phi) is 6.04. The number of hydrogen-bond acceptors (Lipinski definition) is 1. The largest absolute Gasteiger partial charge is 0.265 e. The Morgan fingerprint density at radius 2 is 2.00 bits per heavy atom. The summed E-state index contributed by atoms with van der Waals surface area (Å²) in [5.41, 5.74) is 0. The van der Waals surface area contributed by atoms with E-state index in [4.69, 9.17) is 0 Å². The highest BCUT2D eigenvalue weighted by Crippen LogP contribution is 1.73. The lowest BCUT2D eigenvalue weighted by Crippen LogP contribution is -1.57. The highest BCUT2D eigenvalue weighted by Gasteiger charge is 1.57. The maximum absolute atomic E-state index is 3.76. The van der Waals surface area contributed by atoms with Crippen molar-refractivity contribution in [3.63, 3.8) is 0 Å². The molecule has 0 rings (SSSR count). The first-order valence-corrected chi connectivity index (χ1v) is 2.84. The van der Waals surface area contributed by atoms with E-state index in [9.17, 15) is 0 Å². The molecular weight excluding hydrogens is 110 g/mol. The zero-order valence-electron chi connectivity index (χ0n) is 5.62. The molecule has 0 amide bonds. The Labute approximate surface area is 56.1 Å². The second-order valence-corrected chi connectivity index (χ2v) is 1.39. The van der Waals surface area contributed by atoms with Crippen molar-refractivity contribution in [1.82, 2.24) is 0 Å². The van der Waals surface area contributed by atoms with Gasteiger partial charge in [0.25, 0.3) is 0 Å². The lowest BCUT2D eigenvalue weighted by atomic mass is 10.4. The number of nitrogens with zero attached hydrogens (tertiary/aromatic N) is 1. The third-order valence-corrected chi connectivity index (χ3v) is 0.692. The number of rotatable bonds is 3. The van der Waals surface area contributed by atoms with Crippen molar-refractivity contribution >= 4 is 6.21 Å². The van der Waals surface area contributed by atoms with Crippen molar-refractivity contribution in [3.8, 4) is 0 Å². The third-order valence-electron chi connectivity index (χ3n) is 0.692. The summed E-state index contributed by atoms with van der Waals surface area (Å²) in [6.45, 7) is 5.40. The molecule has 48 valence electrons. The molecule has 0 saturated carbocycles. The van der Waals surface area contributed by atoms with Crippen LogP contribution in [0.4, 0.5) is 0 Å². The van der Waals surface area contributed by atoms with Gasteiger partial charge in [-0.3, -0.25) is 4.99 Å². The van der Waals surface area contributed by atoms with Crippen LogP contribution in [0, 0.1) is 0 Å². The Morgan fingerprint density at radius 1 is 1.22 bits per heavy atom. The van der Waals surface area contributed by atoms with Crippen LogP contribution in [0.15, 0.2) is 42.1 Å². The highest BCUT2D eigenvalue weighted by atomic mass is 14.6. The molecule has 0 aromatic rings. The smallest absolute Gasteiger partial charge is 0.0267 e. The van der Waals surface area contributed by atoms with E-state index in [1.54, 1.807) is 6.21 Å². The Morgan fingerprint density at radius 3 is 2.56 bits per heavy atom. The van der Waals surface area contributed by atoms with Crippen LogP contribution in [0.2, 0.25) is 0 Å². The second kappa shape index (κ2) is 6.89. The predicted molar refractivity (Wildman–Crippen MR) is 42.6 cm³/mol. The molecule has 0 aliphatic rings. The Hall–Kier alpha value is -1.11. The van der Waals surface area contributed by atoms with E-state index >= 15 is 0 Å². The van der Waals surface area contributed by atoms with Crippen molar-refractivity contribution in [2.24, 2.45) is 4.99 Å². The van der Waals surface area contributed by atoms with Gasteiger partial charge in [0.1, 0.15) is 0 Å². The molecule has 0 unspecified atom stereocenters. The molecule has 0 aliphatic heterocycles. The normalized spacial score (nSPS) is 12.1. The summed E-state index contributed by atoms with van der Waals surface area (Å²) in [5.74, 6) is 0. The summed E-state index contributed by atoms with van der Waals surface area (Å²) in [7, 11) is 0. The molecule has 9 heavy (non-hydrogen) atoms. The predicted octanol–water partition coefficient (Wildman–Crippen LogP) is 2.33. The first-order valence-electron chi connectivity index (χ1n) is 2.84. The molecule has 0 N–H and O–H groups in total. The summed E-state index contributed by atoms with van der Waals surface area (Å²) < 4.78 is 0. The molecule has 0 aromatic heterocycles. The van der Waals surface area contributed by atoms with Crippen LogP contribution in [0.3, 0.4) is 0 Å². The average molecular weight is 121 g/mol. The zero-order chi connectivity index (χ0) is 6.95. The lowest BCUT2D eigenvalue weighted by molar-refractivity contribution is 1.63. The van der Waals surface area contributed by atoms with Gasteiger partial charge in [-0.1, -0.05) is 24.8 Å². The van der Waals surface area contributed by atoms with Crippen LogP contribution < -0.4 is 0 Å². The molecule has 0 radical (unpaired) electrons. The SMILES string of the molecule is C=CN=C/C=C\C=C/C. The molecule has 0 bridgehead atoms. The minimum Gasteiger partial charge on any atom is -0.265 e. The summed E-state index contributed by atoms with van der Waals surface area (Å²) >= 11 is 0. The van der Waals surface area contributed by atoms with Crippen LogP contribution in [-0.4, -0.2) is 6.21 Å². The highest BCUT2D eigenvalue weighted by molar-refractivity contribution is 5.71. The maximum Gasteiger partial charge on any atom is 0.0267 e. The van der Waals surface area contributed by atoms with Gasteiger partial charge < -0.3 is 0 Å². The minimum atomic E-state index is 1.50. The van der Waals surface area contributed by atoms with Crippen LogP contribution >= 0.6 is 0 Å². The van der Waals surface area contributed by atoms with E-state index in [1.807, 2.05) is 31.2 Å². The van der Waals surface area contributed by atoms with Gasteiger partial charge in [0.15, 0.2) is 0 Å². The molecule has 0 saturated heterocycles. The van der Waals surface area contributed by atoms with Gasteiger partial charge in [-0.05, 0) is 13.0 Å². The molecule has 1 nitrogen and oxygen atoms in total. The summed E-state index contributed by atoms with van der Waals surface area (Å²) in [6.07, 6.45) is 10.8. The molecule has 1 heteroatoms. The summed E-state index contributed by atoms with van der Waals surface area (Å²) in [6, 6.07) is 0. The van der Waals surface area contributed by atoms with Gasteiger partial charge in [-0.25, -0.2) is 0 Å². The molecule has 0 spiro atoms. The number of hydrogen-bond donors (Lipinski definition) is 0. The first-order chi connectivity index (χ1) is 4.41. The quantitative estimate of drug-likeness (QED) is 0.401. The zero-order valence-corrected chi connectivity index (χ0v) is 5.62. The van der Waals surface area contributed by atoms with Crippen LogP contribution in [0.25, 0.3) is 0 Å². The van der Waals surface area contributed by atoms with Crippen molar-refractivity contribution in [2.45, 2.75) is 6.92 Å². The van der Waals surface area contributed by atoms with Gasteiger partial charge in [-0.2, -0.15) is 0 Å².